The van der Waals surface area contributed by atoms with E-state index in [1.165, 1.54) is 30.1 Å². The zero-order valence-electron chi connectivity index (χ0n) is 22.8. The van der Waals surface area contributed by atoms with Crippen LogP contribution in [0.15, 0.2) is 53.9 Å². The predicted molar refractivity (Wildman–Crippen MR) is 156 cm³/mol. The van der Waals surface area contributed by atoms with E-state index >= 15 is 0 Å². The van der Waals surface area contributed by atoms with Gasteiger partial charge in [0.15, 0.2) is 5.16 Å². The first kappa shape index (κ1) is 30.1. The van der Waals surface area contributed by atoms with Gasteiger partial charge in [0, 0.05) is 23.9 Å². The zero-order valence-corrected chi connectivity index (χ0v) is 24.4. The van der Waals surface area contributed by atoms with Crippen LogP contribution in [0.4, 0.5) is 24.8 Å². The number of nitrogen functional groups attached to an aromatic ring is 1. The summed E-state index contributed by atoms with van der Waals surface area (Å²) < 4.78 is 46.6. The number of nitrogens with one attached hydrogen (secondary N) is 1. The number of nitrogens with two attached hydrogens (primary N) is 1. The fraction of sp³-hybridized carbons (Fsp3) is 0.321. The average molecular weight is 648 g/mol. The molecule has 16 heteroatoms. The maximum Gasteiger partial charge on any atom is 0.416 e. The monoisotopic (exact) mass is 647 g/mol. The van der Waals surface area contributed by atoms with Gasteiger partial charge < -0.3 is 25.8 Å². The fourth-order valence-corrected chi connectivity index (χ4v) is 6.37. The summed E-state index contributed by atoms with van der Waals surface area (Å²) in [4.78, 5) is 40.0. The molecule has 1 aliphatic carbocycles. The molecule has 6 rings (SSSR count). The van der Waals surface area contributed by atoms with Gasteiger partial charge in [0.2, 0.25) is 0 Å². The standard InChI is InChI=1S/C28H25ClF3N7O4S/c29-18-13-35-23(33)22-21(15-2-4-16(5-3-15)24(40)36-19-12-17(6-9-34-19)28(30,31)32)37-26(39(18)22)44-20-14-38(10-11-43-20)25(41)27(42)7-1-8-27/h2-6,9,12-13,20,42H,1,7-8,10-11,14H2,(H2,33,35)(H,34,36,40). The molecule has 230 valence electrons. The predicted octanol–water partition coefficient (Wildman–Crippen LogP) is 4.49. The van der Waals surface area contributed by atoms with Crippen molar-refractivity contribution in [3.05, 3.63) is 65.1 Å². The number of halogens is 4. The number of anilines is 2. The first-order valence-electron chi connectivity index (χ1n) is 13.5. The molecule has 1 saturated heterocycles. The molecule has 0 bridgehead atoms. The second-order valence-electron chi connectivity index (χ2n) is 10.4. The number of thioether (sulfide) groups is 1. The maximum atomic E-state index is 13.0. The maximum absolute atomic E-state index is 13.0. The molecule has 0 radical (unpaired) electrons. The number of fused-ring (bicyclic) bond motifs is 1. The van der Waals surface area contributed by atoms with Crippen LogP contribution in [-0.4, -0.2) is 71.9 Å². The smallest absolute Gasteiger partial charge is 0.382 e. The molecule has 2 aliphatic rings. The number of nitrogens with zero attached hydrogens (tertiary/aromatic N) is 5. The molecule has 0 spiro atoms. The van der Waals surface area contributed by atoms with Gasteiger partial charge in [-0.15, -0.1) is 0 Å². The number of carbonyl (C=O) groups excluding carboxylic acids is 2. The molecule has 3 aromatic heterocycles. The molecular formula is C28H25ClF3N7O4S. The van der Waals surface area contributed by atoms with E-state index in [9.17, 15) is 27.9 Å². The van der Waals surface area contributed by atoms with Crippen LogP contribution in [0.1, 0.15) is 35.2 Å². The minimum absolute atomic E-state index is 0.148. The molecule has 4 heterocycles. The van der Waals surface area contributed by atoms with E-state index in [4.69, 9.17) is 27.1 Å². The lowest BCUT2D eigenvalue weighted by Gasteiger charge is -2.41. The van der Waals surface area contributed by atoms with Crippen molar-refractivity contribution in [3.8, 4) is 11.3 Å². The number of carbonyl (C=O) groups is 2. The number of ether oxygens (including phenoxy) is 1. The van der Waals surface area contributed by atoms with Gasteiger partial charge in [-0.3, -0.25) is 14.0 Å². The third kappa shape index (κ3) is 5.79. The number of hydrogen-bond acceptors (Lipinski definition) is 9. The lowest BCUT2D eigenvalue weighted by atomic mass is 9.79. The topological polar surface area (TPSA) is 148 Å². The number of aliphatic hydroxyl groups is 1. The SMILES string of the molecule is Nc1ncc(Cl)n2c(SC3CN(C(=O)C4(O)CCC4)CCO3)nc(-c3ccc(C(=O)Nc4cc(C(F)(F)F)ccn4)cc3)c12. The van der Waals surface area contributed by atoms with Gasteiger partial charge in [-0.25, -0.2) is 15.0 Å². The highest BCUT2D eigenvalue weighted by atomic mass is 35.5. The Kier molecular flexibility index (Phi) is 7.90. The van der Waals surface area contributed by atoms with Crippen molar-refractivity contribution < 1.29 is 32.6 Å². The van der Waals surface area contributed by atoms with Crippen molar-refractivity contribution >= 4 is 52.3 Å². The van der Waals surface area contributed by atoms with Crippen LogP contribution < -0.4 is 11.1 Å². The van der Waals surface area contributed by atoms with E-state index in [0.29, 0.717) is 41.3 Å². The lowest BCUT2D eigenvalue weighted by Crippen LogP contribution is -2.57. The van der Waals surface area contributed by atoms with Gasteiger partial charge in [0.05, 0.1) is 24.9 Å². The fourth-order valence-electron chi connectivity index (χ4n) is 5.01. The second kappa shape index (κ2) is 11.5. The van der Waals surface area contributed by atoms with Crippen molar-refractivity contribution in [2.45, 2.75) is 41.6 Å². The second-order valence-corrected chi connectivity index (χ2v) is 11.9. The first-order valence-corrected chi connectivity index (χ1v) is 14.8. The Morgan fingerprint density at radius 2 is 1.93 bits per heavy atom. The molecule has 1 saturated carbocycles. The highest BCUT2D eigenvalue weighted by Crippen LogP contribution is 2.38. The average Bonchev–Trinajstić information content (AvgIpc) is 3.37. The largest absolute Gasteiger partial charge is 0.416 e. The third-order valence-corrected chi connectivity index (χ3v) is 8.80. The molecule has 1 unspecified atom stereocenters. The van der Waals surface area contributed by atoms with Gasteiger partial charge in [-0.1, -0.05) is 35.5 Å². The molecule has 1 aromatic carbocycles. The molecule has 44 heavy (non-hydrogen) atoms. The summed E-state index contributed by atoms with van der Waals surface area (Å²) in [7, 11) is 0. The van der Waals surface area contributed by atoms with Crippen molar-refractivity contribution in [1.82, 2.24) is 24.3 Å². The number of aromatic nitrogens is 4. The third-order valence-electron chi connectivity index (χ3n) is 7.50. The summed E-state index contributed by atoms with van der Waals surface area (Å²) in [6.45, 7) is 0.887. The molecule has 4 aromatic rings. The number of morpholine rings is 1. The van der Waals surface area contributed by atoms with Crippen LogP contribution in [-0.2, 0) is 15.7 Å². The molecule has 2 fully saturated rings. The highest BCUT2D eigenvalue weighted by Gasteiger charge is 2.45. The van der Waals surface area contributed by atoms with Gasteiger partial charge in [-0.2, -0.15) is 13.2 Å². The van der Waals surface area contributed by atoms with Crippen LogP contribution in [0.5, 0.6) is 0 Å². The van der Waals surface area contributed by atoms with Crippen LogP contribution in [0.2, 0.25) is 5.15 Å². The van der Waals surface area contributed by atoms with Gasteiger partial charge in [0.1, 0.15) is 39.0 Å². The number of pyridine rings is 1. The van der Waals surface area contributed by atoms with Gasteiger partial charge >= 0.3 is 6.18 Å². The molecule has 4 N–H and O–H groups in total. The molecule has 2 amide bonds. The van der Waals surface area contributed by atoms with E-state index < -0.39 is 28.7 Å². The Balaban J connectivity index is 1.24. The number of rotatable bonds is 6. The van der Waals surface area contributed by atoms with Crippen LogP contribution in [0.25, 0.3) is 16.8 Å². The van der Waals surface area contributed by atoms with E-state index in [-0.39, 0.29) is 41.4 Å². The Morgan fingerprint density at radius 1 is 1.18 bits per heavy atom. The zero-order chi connectivity index (χ0) is 31.2. The minimum Gasteiger partial charge on any atom is -0.382 e. The van der Waals surface area contributed by atoms with E-state index in [2.05, 4.69) is 15.3 Å². The Morgan fingerprint density at radius 3 is 2.61 bits per heavy atom. The Hall–Kier alpha value is -3.92. The summed E-state index contributed by atoms with van der Waals surface area (Å²) in [5, 5.41) is 13.6. The number of benzene rings is 1. The van der Waals surface area contributed by atoms with Crippen molar-refractivity contribution in [3.63, 3.8) is 0 Å². The number of alkyl halides is 3. The molecule has 1 aliphatic heterocycles. The summed E-state index contributed by atoms with van der Waals surface area (Å²) in [5.41, 5.74) is 5.06. The first-order chi connectivity index (χ1) is 20.9. The van der Waals surface area contributed by atoms with Gasteiger partial charge in [0.25, 0.3) is 11.8 Å². The molecule has 1 atom stereocenters. The van der Waals surface area contributed by atoms with Crippen LogP contribution in [0, 0.1) is 0 Å². The van der Waals surface area contributed by atoms with E-state index in [1.54, 1.807) is 21.4 Å². The normalized spacial score (nSPS) is 18.2. The summed E-state index contributed by atoms with van der Waals surface area (Å²) in [6.07, 6.45) is -0.528. The highest BCUT2D eigenvalue weighted by molar-refractivity contribution is 7.99. The Labute approximate surface area is 257 Å². The molecular weight excluding hydrogens is 623 g/mol. The van der Waals surface area contributed by atoms with E-state index in [1.807, 2.05) is 0 Å². The Bertz CT molecular complexity index is 1750. The number of imidazole rings is 1. The summed E-state index contributed by atoms with van der Waals surface area (Å²) >= 11 is 7.76. The lowest BCUT2D eigenvalue weighted by molar-refractivity contribution is -0.165. The van der Waals surface area contributed by atoms with Crippen molar-refractivity contribution in [2.24, 2.45) is 0 Å². The minimum atomic E-state index is -4.58. The van der Waals surface area contributed by atoms with Crippen LogP contribution >= 0.6 is 23.4 Å². The molecule has 11 nitrogen and oxygen atoms in total. The quantitative estimate of drug-likeness (QED) is 0.275. The van der Waals surface area contributed by atoms with Crippen molar-refractivity contribution in [1.29, 1.82) is 0 Å². The summed E-state index contributed by atoms with van der Waals surface area (Å²) in [5.74, 6) is -1.05. The van der Waals surface area contributed by atoms with Crippen molar-refractivity contribution in [2.75, 3.05) is 30.7 Å². The summed E-state index contributed by atoms with van der Waals surface area (Å²) in [6, 6.07) is 7.77. The van der Waals surface area contributed by atoms with E-state index in [0.717, 1.165) is 24.8 Å². The number of hydrogen-bond donors (Lipinski definition) is 3. The van der Waals surface area contributed by atoms with Crippen LogP contribution in [0.3, 0.4) is 0 Å². The number of amides is 2. The van der Waals surface area contributed by atoms with Gasteiger partial charge in [-0.05, 0) is 43.5 Å².